The van der Waals surface area contributed by atoms with Crippen LogP contribution >= 0.6 is 32.9 Å². The average Bonchev–Trinajstić information content (AvgIpc) is 2.35. The summed E-state index contributed by atoms with van der Waals surface area (Å²) in [5.74, 6) is 0. The minimum absolute atomic E-state index is 0.107. The molecule has 1 rings (SSSR count). The second kappa shape index (κ2) is 4.64. The fraction of sp³-hybridized carbons (Fsp3) is 0.500. The molecule has 0 aromatic carbocycles. The number of rotatable bonds is 4. The quantitative estimate of drug-likeness (QED) is 0.349. The van der Waals surface area contributed by atoms with E-state index in [-0.39, 0.29) is 6.61 Å². The van der Waals surface area contributed by atoms with Crippen LogP contribution in [-0.2, 0) is 11.3 Å². The maximum absolute atomic E-state index is 9.85. The van der Waals surface area contributed by atoms with E-state index in [9.17, 15) is 10.1 Å². The maximum atomic E-state index is 9.85. The lowest BCUT2D eigenvalue weighted by Gasteiger charge is -1.96. The van der Waals surface area contributed by atoms with Crippen molar-refractivity contribution in [3.05, 3.63) is 24.4 Å². The summed E-state index contributed by atoms with van der Waals surface area (Å²) in [6.45, 7) is 2.03. The summed E-state index contributed by atoms with van der Waals surface area (Å²) in [5, 5.41) is 9.07. The van der Waals surface area contributed by atoms with E-state index in [0.29, 0.717) is 6.42 Å². The molecule has 0 fully saturated rings. The molecule has 0 N–H and O–H groups in total. The summed E-state index contributed by atoms with van der Waals surface area (Å²) in [6.07, 6.45) is 0.560. The Bertz CT molecular complexity index is 356. The zero-order chi connectivity index (χ0) is 9.84. The predicted octanol–water partition coefficient (Wildman–Crippen LogP) is 2.60. The Kier molecular flexibility index (Phi) is 3.76. The maximum Gasteiger partial charge on any atom is 0.294 e. The lowest BCUT2D eigenvalue weighted by atomic mass is 10.3. The van der Waals surface area contributed by atoms with E-state index in [1.54, 1.807) is 10.3 Å². The molecule has 4 nitrogen and oxygen atoms in total. The second-order valence-corrected chi connectivity index (χ2v) is 5.21. The van der Waals surface area contributed by atoms with Crippen molar-refractivity contribution < 1.29 is 9.92 Å². The first-order valence-electron chi connectivity index (χ1n) is 3.47. The molecule has 0 aliphatic rings. The summed E-state index contributed by atoms with van der Waals surface area (Å²) >= 11 is 5.03. The van der Waals surface area contributed by atoms with Gasteiger partial charge >= 0.3 is 0 Å². The van der Waals surface area contributed by atoms with Gasteiger partial charge in [-0.2, -0.15) is 0 Å². The Hall–Kier alpha value is -0.530. The van der Waals surface area contributed by atoms with Crippen LogP contribution < -0.4 is 0 Å². The van der Waals surface area contributed by atoms with Crippen molar-refractivity contribution in [3.8, 4) is 0 Å². The van der Waals surface area contributed by atoms with Crippen LogP contribution in [0.25, 0.3) is 0 Å². The highest BCUT2D eigenvalue weighted by molar-refractivity contribution is 7.79. The lowest BCUT2D eigenvalue weighted by molar-refractivity contribution is -0.757. The third kappa shape index (κ3) is 3.02. The van der Waals surface area contributed by atoms with Gasteiger partial charge in [0.15, 0.2) is 0 Å². The molecule has 0 radical (unpaired) electrons. The van der Waals surface area contributed by atoms with Gasteiger partial charge < -0.3 is 4.84 Å². The molecule has 1 aromatic heterocycles. The Morgan fingerprint density at radius 2 is 2.31 bits per heavy atom. The summed E-state index contributed by atoms with van der Waals surface area (Å²) in [4.78, 5) is 15.1. The molecular weight excluding hydrogens is 230 g/mol. The van der Waals surface area contributed by atoms with Gasteiger partial charge in [-0.25, -0.2) is 0 Å². The van der Waals surface area contributed by atoms with Gasteiger partial charge in [0.1, 0.15) is 10.4 Å². The summed E-state index contributed by atoms with van der Waals surface area (Å²) in [5.41, 5.74) is 1.05. The first-order valence-corrected chi connectivity index (χ1v) is 6.03. The van der Waals surface area contributed by atoms with Crippen LogP contribution in [0.3, 0.4) is 0 Å². The number of hydrogen-bond donors (Lipinski definition) is 0. The van der Waals surface area contributed by atoms with Crippen molar-refractivity contribution >= 4 is 32.9 Å². The smallest absolute Gasteiger partial charge is 0.294 e. The Labute approximate surface area is 87.3 Å². The normalized spacial score (nSPS) is 9.92. The Morgan fingerprint density at radius 1 is 1.62 bits per heavy atom. The molecule has 13 heavy (non-hydrogen) atoms. The van der Waals surface area contributed by atoms with Crippen LogP contribution in [0.5, 0.6) is 0 Å². The van der Waals surface area contributed by atoms with Crippen molar-refractivity contribution in [2.45, 2.75) is 13.3 Å². The van der Waals surface area contributed by atoms with Crippen molar-refractivity contribution in [3.63, 3.8) is 0 Å². The molecule has 0 bridgehead atoms. The predicted molar refractivity (Wildman–Crippen MR) is 54.4 cm³/mol. The number of hydrogen-bond acceptors (Lipinski definition) is 6. The average molecular weight is 237 g/mol. The van der Waals surface area contributed by atoms with E-state index in [1.807, 2.05) is 6.92 Å². The zero-order valence-corrected chi connectivity index (χ0v) is 9.26. The molecule has 1 aromatic rings. The van der Waals surface area contributed by atoms with E-state index in [1.165, 1.54) is 10.3 Å². The van der Waals surface area contributed by atoms with Crippen LogP contribution in [0, 0.1) is 20.9 Å². The van der Waals surface area contributed by atoms with Gasteiger partial charge in [0.05, 0.1) is 0 Å². The first-order chi connectivity index (χ1) is 6.11. The molecule has 0 saturated carbocycles. The SMILES string of the molecule is Cc1c(CCO[N+](=O)[O-])ssc1=S. The number of nitrogens with zero attached hydrogens (tertiary/aromatic N) is 1. The Balaban J connectivity index is 2.50. The molecule has 0 unspecified atom stereocenters. The highest BCUT2D eigenvalue weighted by Crippen LogP contribution is 2.24. The molecule has 0 aliphatic heterocycles. The molecule has 0 atom stereocenters. The van der Waals surface area contributed by atoms with E-state index < -0.39 is 5.09 Å². The van der Waals surface area contributed by atoms with Crippen LogP contribution in [0.15, 0.2) is 0 Å². The standard InChI is InChI=1S/C6H7NO3S3/c1-4-5(12-13-6(4)11)2-3-10-7(8)9/h2-3H2,1H3. The van der Waals surface area contributed by atoms with Crippen molar-refractivity contribution in [1.82, 2.24) is 0 Å². The van der Waals surface area contributed by atoms with E-state index in [4.69, 9.17) is 12.2 Å². The van der Waals surface area contributed by atoms with Crippen LogP contribution in [0.2, 0.25) is 0 Å². The van der Waals surface area contributed by atoms with Crippen molar-refractivity contribution in [1.29, 1.82) is 0 Å². The van der Waals surface area contributed by atoms with E-state index in [2.05, 4.69) is 4.84 Å². The largest absolute Gasteiger partial charge is 0.314 e. The topological polar surface area (TPSA) is 52.4 Å². The first kappa shape index (κ1) is 10.6. The summed E-state index contributed by atoms with van der Waals surface area (Å²) < 4.78 is 0.862. The van der Waals surface area contributed by atoms with Gasteiger partial charge in [-0.3, -0.25) is 0 Å². The fourth-order valence-corrected chi connectivity index (χ4v) is 3.67. The highest BCUT2D eigenvalue weighted by atomic mass is 32.9. The monoisotopic (exact) mass is 237 g/mol. The van der Waals surface area contributed by atoms with Gasteiger partial charge in [-0.15, -0.1) is 10.1 Å². The minimum atomic E-state index is -0.777. The minimum Gasteiger partial charge on any atom is -0.314 e. The Morgan fingerprint density at radius 3 is 2.77 bits per heavy atom. The van der Waals surface area contributed by atoms with Gasteiger partial charge in [0.2, 0.25) is 0 Å². The molecular formula is C6H7NO3S3. The molecule has 1 heterocycles. The van der Waals surface area contributed by atoms with Gasteiger partial charge in [0, 0.05) is 11.3 Å². The summed E-state index contributed by atoms with van der Waals surface area (Å²) in [6, 6.07) is 0. The molecule has 0 saturated heterocycles. The van der Waals surface area contributed by atoms with Gasteiger partial charge in [-0.05, 0) is 12.5 Å². The molecule has 72 valence electrons. The lowest BCUT2D eigenvalue weighted by Crippen LogP contribution is -2.04. The third-order valence-electron chi connectivity index (χ3n) is 1.47. The zero-order valence-electron chi connectivity index (χ0n) is 6.81. The van der Waals surface area contributed by atoms with E-state index in [0.717, 1.165) is 14.3 Å². The third-order valence-corrected chi connectivity index (χ3v) is 4.95. The van der Waals surface area contributed by atoms with E-state index >= 15 is 0 Å². The van der Waals surface area contributed by atoms with Crippen molar-refractivity contribution in [2.75, 3.05) is 6.61 Å². The van der Waals surface area contributed by atoms with Crippen molar-refractivity contribution in [2.24, 2.45) is 0 Å². The molecule has 7 heteroatoms. The van der Waals surface area contributed by atoms with Crippen LogP contribution in [0.1, 0.15) is 10.4 Å². The van der Waals surface area contributed by atoms with Crippen LogP contribution in [-0.4, -0.2) is 11.7 Å². The second-order valence-electron chi connectivity index (χ2n) is 2.31. The summed E-state index contributed by atoms with van der Waals surface area (Å²) in [7, 11) is 3.08. The molecule has 0 spiro atoms. The highest BCUT2D eigenvalue weighted by Gasteiger charge is 2.04. The fourth-order valence-electron chi connectivity index (χ4n) is 0.769. The molecule has 0 amide bonds. The van der Waals surface area contributed by atoms with Gasteiger partial charge in [0.25, 0.3) is 5.09 Å². The van der Waals surface area contributed by atoms with Crippen LogP contribution in [0.4, 0.5) is 0 Å². The molecule has 0 aliphatic carbocycles. The van der Waals surface area contributed by atoms with Gasteiger partial charge in [-0.1, -0.05) is 32.9 Å².